The molecule has 3 aromatic rings. The van der Waals surface area contributed by atoms with Crippen molar-refractivity contribution in [1.82, 2.24) is 25.1 Å². The molecule has 1 unspecified atom stereocenters. The molecule has 2 atom stereocenters. The normalized spacial score (nSPS) is 16.1. The first kappa shape index (κ1) is 32.2. The lowest BCUT2D eigenvalue weighted by Gasteiger charge is -2.34. The highest BCUT2D eigenvalue weighted by Gasteiger charge is 2.26. The maximum Gasteiger partial charge on any atom is 0.252 e. The van der Waals surface area contributed by atoms with E-state index in [9.17, 15) is 9.59 Å². The molecule has 0 bridgehead atoms. The van der Waals surface area contributed by atoms with Crippen LogP contribution in [0.15, 0.2) is 35.7 Å². The van der Waals surface area contributed by atoms with E-state index in [1.54, 1.807) is 11.3 Å². The lowest BCUT2D eigenvalue weighted by atomic mass is 10.00. The fourth-order valence-corrected chi connectivity index (χ4v) is 6.99. The van der Waals surface area contributed by atoms with Gasteiger partial charge >= 0.3 is 0 Å². The van der Waals surface area contributed by atoms with Crippen LogP contribution in [0.25, 0.3) is 11.0 Å². The highest BCUT2D eigenvalue weighted by Crippen LogP contribution is 2.28. The van der Waals surface area contributed by atoms with Gasteiger partial charge in [0.25, 0.3) is 5.91 Å². The Bertz CT molecular complexity index is 1270. The molecule has 1 aliphatic rings. The molecule has 1 aromatic carbocycles. The van der Waals surface area contributed by atoms with Gasteiger partial charge in [0, 0.05) is 48.6 Å². The van der Waals surface area contributed by atoms with Gasteiger partial charge in [0.15, 0.2) is 0 Å². The fourth-order valence-electron chi connectivity index (χ4n) is 6.29. The van der Waals surface area contributed by atoms with Gasteiger partial charge in [-0.05, 0) is 74.1 Å². The maximum atomic E-state index is 13.3. The summed E-state index contributed by atoms with van der Waals surface area (Å²) in [5, 5.41) is 8.32. The van der Waals surface area contributed by atoms with Gasteiger partial charge in [-0.15, -0.1) is 11.3 Å². The van der Waals surface area contributed by atoms with Gasteiger partial charge in [-0.3, -0.25) is 9.59 Å². The molecule has 1 saturated heterocycles. The van der Waals surface area contributed by atoms with Crippen LogP contribution in [0.2, 0.25) is 0 Å². The molecule has 1 aliphatic heterocycles. The minimum absolute atomic E-state index is 0.0852. The van der Waals surface area contributed by atoms with Crippen LogP contribution in [0.5, 0.6) is 0 Å². The first-order chi connectivity index (χ1) is 20.4. The number of hydrogen-bond donors (Lipinski definition) is 2. The van der Waals surface area contributed by atoms with Crippen molar-refractivity contribution in [2.75, 3.05) is 19.6 Å². The Morgan fingerprint density at radius 3 is 2.48 bits per heavy atom. The van der Waals surface area contributed by atoms with Gasteiger partial charge in [0.2, 0.25) is 5.91 Å². The summed E-state index contributed by atoms with van der Waals surface area (Å²) >= 11 is 1.74. The molecule has 42 heavy (non-hydrogen) atoms. The zero-order valence-corrected chi connectivity index (χ0v) is 27.1. The van der Waals surface area contributed by atoms with Crippen LogP contribution in [-0.2, 0) is 11.2 Å². The zero-order chi connectivity index (χ0) is 30.1. The highest BCUT2D eigenvalue weighted by molar-refractivity contribution is 7.09. The number of nitrogens with zero attached hydrogens (tertiary/aromatic N) is 3. The lowest BCUT2D eigenvalue weighted by molar-refractivity contribution is -0.124. The minimum atomic E-state index is -0.559. The zero-order valence-electron chi connectivity index (χ0n) is 26.3. The number of hydrogen-bond acceptors (Lipinski definition) is 5. The van der Waals surface area contributed by atoms with E-state index in [1.165, 1.54) is 24.1 Å². The SMILES string of the molecule is CCCCC(C)CN1CCC(NC(=O)[C@H](CC)NC(=O)c2ccc3c(c2)nc(Cc2cccs2)n3C(CC)CC)CC1. The van der Waals surface area contributed by atoms with Crippen LogP contribution in [0.4, 0.5) is 0 Å². The Morgan fingerprint density at radius 1 is 1.07 bits per heavy atom. The van der Waals surface area contributed by atoms with Gasteiger partial charge in [0.05, 0.1) is 11.0 Å². The Labute approximate surface area is 256 Å². The molecule has 0 radical (unpaired) electrons. The summed E-state index contributed by atoms with van der Waals surface area (Å²) in [6.45, 7) is 14.1. The van der Waals surface area contributed by atoms with Crippen LogP contribution < -0.4 is 10.6 Å². The summed E-state index contributed by atoms with van der Waals surface area (Å²) in [7, 11) is 0. The number of thiophene rings is 1. The molecule has 4 rings (SSSR count). The van der Waals surface area contributed by atoms with Gasteiger partial charge in [-0.1, -0.05) is 53.5 Å². The van der Waals surface area contributed by atoms with Crippen molar-refractivity contribution in [2.45, 2.75) is 111 Å². The van der Waals surface area contributed by atoms with E-state index in [4.69, 9.17) is 4.98 Å². The van der Waals surface area contributed by atoms with Crippen molar-refractivity contribution >= 4 is 34.2 Å². The van der Waals surface area contributed by atoms with E-state index in [1.807, 2.05) is 25.1 Å². The number of aromatic nitrogens is 2. The van der Waals surface area contributed by atoms with Crippen LogP contribution in [-0.4, -0.2) is 58.0 Å². The average Bonchev–Trinajstić information content (AvgIpc) is 3.64. The monoisotopic (exact) mass is 593 g/mol. The number of carbonyl (C=O) groups excluding carboxylic acids is 2. The van der Waals surface area contributed by atoms with E-state index in [0.29, 0.717) is 18.0 Å². The smallest absolute Gasteiger partial charge is 0.252 e. The van der Waals surface area contributed by atoms with Gasteiger partial charge in [0.1, 0.15) is 11.9 Å². The van der Waals surface area contributed by atoms with E-state index < -0.39 is 6.04 Å². The maximum absolute atomic E-state index is 13.3. The number of benzene rings is 1. The van der Waals surface area contributed by atoms with E-state index in [2.05, 4.69) is 65.3 Å². The standard InChI is InChI=1S/C34H51N5O2S/c1-6-10-12-24(5)23-38-18-16-26(17-19-38)35-34(41)29(9-4)37-33(40)25-14-15-31-30(21-25)36-32(22-28-13-11-20-42-28)39(31)27(7-2)8-3/h11,13-15,20-21,24,26-27,29H,6-10,12,16-19,22-23H2,1-5H3,(H,35,41)(H,37,40)/t24?,29-/m0/s1. The van der Waals surface area contributed by atoms with E-state index in [-0.39, 0.29) is 17.9 Å². The number of fused-ring (bicyclic) bond motifs is 1. The average molecular weight is 594 g/mol. The Balaban J connectivity index is 1.38. The summed E-state index contributed by atoms with van der Waals surface area (Å²) in [5.41, 5.74) is 2.42. The first-order valence-corrected chi connectivity index (χ1v) is 17.1. The second-order valence-corrected chi connectivity index (χ2v) is 13.1. The van der Waals surface area contributed by atoms with Crippen molar-refractivity contribution in [2.24, 2.45) is 5.92 Å². The summed E-state index contributed by atoms with van der Waals surface area (Å²) < 4.78 is 2.36. The molecule has 0 aliphatic carbocycles. The van der Waals surface area contributed by atoms with E-state index >= 15 is 0 Å². The molecule has 2 aromatic heterocycles. The first-order valence-electron chi connectivity index (χ1n) is 16.2. The second-order valence-electron chi connectivity index (χ2n) is 12.1. The van der Waals surface area contributed by atoms with Crippen LogP contribution in [0.3, 0.4) is 0 Å². The molecule has 7 nitrogen and oxygen atoms in total. The summed E-state index contributed by atoms with van der Waals surface area (Å²) in [6, 6.07) is 9.95. The number of carbonyl (C=O) groups is 2. The molecule has 230 valence electrons. The Kier molecular flexibility index (Phi) is 12.0. The third-order valence-corrected chi connectivity index (χ3v) is 9.71. The molecule has 0 spiro atoms. The van der Waals surface area contributed by atoms with Crippen LogP contribution in [0, 0.1) is 5.92 Å². The topological polar surface area (TPSA) is 79.3 Å². The number of amides is 2. The predicted octanol–water partition coefficient (Wildman–Crippen LogP) is 6.97. The lowest BCUT2D eigenvalue weighted by Crippen LogP contribution is -2.52. The van der Waals surface area contributed by atoms with Gasteiger partial charge in [-0.25, -0.2) is 4.98 Å². The van der Waals surface area contributed by atoms with Crippen LogP contribution >= 0.6 is 11.3 Å². The third kappa shape index (κ3) is 8.22. The molecular formula is C34H51N5O2S. The molecule has 2 amide bonds. The highest BCUT2D eigenvalue weighted by atomic mass is 32.1. The van der Waals surface area contributed by atoms with Gasteiger partial charge in [-0.2, -0.15) is 0 Å². The Hall–Kier alpha value is -2.71. The van der Waals surface area contributed by atoms with Crippen molar-refractivity contribution in [3.8, 4) is 0 Å². The Morgan fingerprint density at radius 2 is 1.83 bits per heavy atom. The number of likely N-dealkylation sites (tertiary alicyclic amines) is 1. The van der Waals surface area contributed by atoms with E-state index in [0.717, 1.165) is 74.5 Å². The number of nitrogens with one attached hydrogen (secondary N) is 2. The van der Waals surface area contributed by atoms with Crippen molar-refractivity contribution in [3.63, 3.8) is 0 Å². The molecular weight excluding hydrogens is 542 g/mol. The number of piperidine rings is 1. The van der Waals surface area contributed by atoms with Crippen molar-refractivity contribution in [3.05, 3.63) is 52.0 Å². The number of unbranched alkanes of at least 4 members (excludes halogenated alkanes) is 1. The summed E-state index contributed by atoms with van der Waals surface area (Å²) in [5.74, 6) is 1.44. The number of rotatable bonds is 15. The minimum Gasteiger partial charge on any atom is -0.351 e. The molecule has 0 saturated carbocycles. The van der Waals surface area contributed by atoms with Gasteiger partial charge < -0.3 is 20.1 Å². The predicted molar refractivity (Wildman–Crippen MR) is 174 cm³/mol. The number of imidazole rings is 1. The summed E-state index contributed by atoms with van der Waals surface area (Å²) in [6.07, 6.45) is 9.11. The molecule has 3 heterocycles. The third-order valence-electron chi connectivity index (χ3n) is 8.83. The van der Waals surface area contributed by atoms with Crippen LogP contribution in [0.1, 0.15) is 113 Å². The second kappa shape index (κ2) is 15.7. The van der Waals surface area contributed by atoms with Crippen molar-refractivity contribution in [1.29, 1.82) is 0 Å². The molecule has 2 N–H and O–H groups in total. The largest absolute Gasteiger partial charge is 0.351 e. The summed E-state index contributed by atoms with van der Waals surface area (Å²) in [4.78, 5) is 35.3. The molecule has 8 heteroatoms. The van der Waals surface area contributed by atoms with Crippen molar-refractivity contribution < 1.29 is 9.59 Å². The quantitative estimate of drug-likeness (QED) is 0.200. The molecule has 1 fully saturated rings. The fraction of sp³-hybridized carbons (Fsp3) is 0.618.